The lowest BCUT2D eigenvalue weighted by atomic mass is 9.98. The summed E-state index contributed by atoms with van der Waals surface area (Å²) in [6, 6.07) is -0.0187. The third-order valence-corrected chi connectivity index (χ3v) is 4.17. The van der Waals surface area contributed by atoms with Crippen molar-refractivity contribution in [2.45, 2.75) is 26.3 Å². The zero-order valence-electron chi connectivity index (χ0n) is 11.5. The highest BCUT2D eigenvalue weighted by atomic mass is 16.5. The Morgan fingerprint density at radius 1 is 1.26 bits per heavy atom. The van der Waals surface area contributed by atoms with Gasteiger partial charge < -0.3 is 20.1 Å². The van der Waals surface area contributed by atoms with Crippen LogP contribution in [0.4, 0.5) is 4.79 Å². The van der Waals surface area contributed by atoms with Gasteiger partial charge >= 0.3 is 12.0 Å². The zero-order valence-corrected chi connectivity index (χ0v) is 11.5. The lowest BCUT2D eigenvalue weighted by Crippen LogP contribution is -2.49. The first-order valence-electron chi connectivity index (χ1n) is 6.85. The molecule has 0 aliphatic carbocycles. The largest absolute Gasteiger partial charge is 0.481 e. The number of nitrogens with zero attached hydrogens (tertiary/aromatic N) is 1. The number of amides is 2. The van der Waals surface area contributed by atoms with Crippen LogP contribution in [0.5, 0.6) is 0 Å². The van der Waals surface area contributed by atoms with E-state index in [1.54, 1.807) is 4.90 Å². The number of carboxylic acids is 1. The molecule has 2 aliphatic heterocycles. The summed E-state index contributed by atoms with van der Waals surface area (Å²) < 4.78 is 5.34. The summed E-state index contributed by atoms with van der Waals surface area (Å²) in [4.78, 5) is 24.8. The average molecular weight is 270 g/mol. The molecule has 4 unspecified atom stereocenters. The topological polar surface area (TPSA) is 78.9 Å². The average Bonchev–Trinajstić information content (AvgIpc) is 2.74. The molecular formula is C13H22N2O4. The molecule has 6 nitrogen and oxygen atoms in total. The molecule has 2 amide bonds. The molecule has 2 N–H and O–H groups in total. The second kappa shape index (κ2) is 5.77. The van der Waals surface area contributed by atoms with E-state index in [0.29, 0.717) is 32.2 Å². The normalized spacial score (nSPS) is 35.2. The van der Waals surface area contributed by atoms with Crippen LogP contribution in [0.25, 0.3) is 0 Å². The fraction of sp³-hybridized carbons (Fsp3) is 0.846. The molecule has 2 heterocycles. The van der Waals surface area contributed by atoms with Gasteiger partial charge in [0.05, 0.1) is 12.5 Å². The molecule has 0 bridgehead atoms. The maximum Gasteiger partial charge on any atom is 0.317 e. The predicted molar refractivity (Wildman–Crippen MR) is 68.8 cm³/mol. The van der Waals surface area contributed by atoms with Gasteiger partial charge in [0.25, 0.3) is 0 Å². The molecule has 0 aromatic heterocycles. The number of urea groups is 1. The molecule has 2 aliphatic rings. The molecule has 0 aromatic carbocycles. The highest BCUT2D eigenvalue weighted by Crippen LogP contribution is 2.23. The SMILES string of the molecule is CC1COCCC1NC(=O)N1CC(C)C(C(=O)O)C1. The standard InChI is InChI=1S/C13H22N2O4/c1-8-5-15(6-10(8)12(16)17)13(18)14-11-3-4-19-7-9(11)2/h8-11H,3-7H2,1-2H3,(H,14,18)(H,16,17). The number of aliphatic carboxylic acids is 1. The minimum absolute atomic E-state index is 0.00960. The molecule has 0 aromatic rings. The first-order chi connectivity index (χ1) is 8.99. The summed E-state index contributed by atoms with van der Waals surface area (Å²) in [7, 11) is 0. The molecule has 6 heteroatoms. The van der Waals surface area contributed by atoms with Crippen molar-refractivity contribution < 1.29 is 19.4 Å². The summed E-state index contributed by atoms with van der Waals surface area (Å²) in [5.41, 5.74) is 0. The van der Waals surface area contributed by atoms with Gasteiger partial charge in [0, 0.05) is 25.7 Å². The molecule has 0 saturated carbocycles. The van der Waals surface area contributed by atoms with E-state index >= 15 is 0 Å². The number of hydrogen-bond donors (Lipinski definition) is 2. The van der Waals surface area contributed by atoms with Crippen LogP contribution >= 0.6 is 0 Å². The van der Waals surface area contributed by atoms with Crippen molar-refractivity contribution in [3.8, 4) is 0 Å². The van der Waals surface area contributed by atoms with E-state index in [2.05, 4.69) is 12.2 Å². The maximum absolute atomic E-state index is 12.2. The zero-order chi connectivity index (χ0) is 14.0. The van der Waals surface area contributed by atoms with Crippen LogP contribution in [0.3, 0.4) is 0 Å². The van der Waals surface area contributed by atoms with Gasteiger partial charge in [-0.1, -0.05) is 13.8 Å². The third kappa shape index (κ3) is 3.18. The molecule has 2 rings (SSSR count). The molecule has 108 valence electrons. The smallest absolute Gasteiger partial charge is 0.317 e. The first-order valence-corrected chi connectivity index (χ1v) is 6.85. The van der Waals surface area contributed by atoms with Crippen molar-refractivity contribution in [1.29, 1.82) is 0 Å². The molecule has 0 spiro atoms. The number of hydrogen-bond acceptors (Lipinski definition) is 3. The van der Waals surface area contributed by atoms with Crippen LogP contribution < -0.4 is 5.32 Å². The summed E-state index contributed by atoms with van der Waals surface area (Å²) in [5.74, 6) is -0.955. The number of carboxylic acid groups (broad SMARTS) is 1. The van der Waals surface area contributed by atoms with E-state index in [9.17, 15) is 9.59 Å². The lowest BCUT2D eigenvalue weighted by molar-refractivity contribution is -0.142. The predicted octanol–water partition coefficient (Wildman–Crippen LogP) is 0.773. The summed E-state index contributed by atoms with van der Waals surface area (Å²) in [5, 5.41) is 12.1. The summed E-state index contributed by atoms with van der Waals surface area (Å²) in [6.45, 7) is 6.09. The molecule has 4 atom stereocenters. The second-order valence-electron chi connectivity index (χ2n) is 5.72. The highest BCUT2D eigenvalue weighted by molar-refractivity contribution is 5.77. The van der Waals surface area contributed by atoms with Crippen molar-refractivity contribution in [1.82, 2.24) is 10.2 Å². The van der Waals surface area contributed by atoms with Gasteiger partial charge in [-0.2, -0.15) is 0 Å². The maximum atomic E-state index is 12.2. The van der Waals surface area contributed by atoms with Gasteiger partial charge in [-0.25, -0.2) is 4.79 Å². The Kier molecular flexibility index (Phi) is 4.29. The molecule has 2 fully saturated rings. The number of carbonyl (C=O) groups is 2. The second-order valence-corrected chi connectivity index (χ2v) is 5.72. The fourth-order valence-electron chi connectivity index (χ4n) is 2.80. The van der Waals surface area contributed by atoms with Crippen molar-refractivity contribution in [3.63, 3.8) is 0 Å². The van der Waals surface area contributed by atoms with Gasteiger partial charge in [0.2, 0.25) is 0 Å². The van der Waals surface area contributed by atoms with Gasteiger partial charge in [-0.3, -0.25) is 4.79 Å². The van der Waals surface area contributed by atoms with E-state index in [4.69, 9.17) is 9.84 Å². The van der Waals surface area contributed by atoms with Crippen molar-refractivity contribution >= 4 is 12.0 Å². The Morgan fingerprint density at radius 2 is 2.00 bits per heavy atom. The van der Waals surface area contributed by atoms with Gasteiger partial charge in [-0.05, 0) is 18.3 Å². The monoisotopic (exact) mass is 270 g/mol. The van der Waals surface area contributed by atoms with E-state index in [-0.39, 0.29) is 18.0 Å². The Balaban J connectivity index is 1.88. The minimum Gasteiger partial charge on any atom is -0.481 e. The minimum atomic E-state index is -0.817. The summed E-state index contributed by atoms with van der Waals surface area (Å²) in [6.07, 6.45) is 0.818. The van der Waals surface area contributed by atoms with E-state index in [1.807, 2.05) is 6.92 Å². The Labute approximate surface area is 113 Å². The number of ether oxygens (including phenoxy) is 1. The molecular weight excluding hydrogens is 248 g/mol. The van der Waals surface area contributed by atoms with Gasteiger partial charge in [0.15, 0.2) is 0 Å². The Morgan fingerprint density at radius 3 is 2.58 bits per heavy atom. The van der Waals surface area contributed by atoms with Gasteiger partial charge in [0.1, 0.15) is 0 Å². The Hall–Kier alpha value is -1.30. The lowest BCUT2D eigenvalue weighted by Gasteiger charge is -2.31. The third-order valence-electron chi connectivity index (χ3n) is 4.17. The summed E-state index contributed by atoms with van der Waals surface area (Å²) >= 11 is 0. The molecule has 2 saturated heterocycles. The van der Waals surface area contributed by atoms with Crippen LogP contribution in [0.1, 0.15) is 20.3 Å². The number of likely N-dealkylation sites (tertiary alicyclic amines) is 1. The van der Waals surface area contributed by atoms with E-state index < -0.39 is 11.9 Å². The Bertz CT molecular complexity index is 361. The first kappa shape index (κ1) is 14.1. The highest BCUT2D eigenvalue weighted by Gasteiger charge is 2.37. The van der Waals surface area contributed by atoms with Crippen LogP contribution in [-0.4, -0.2) is 54.4 Å². The van der Waals surface area contributed by atoms with Crippen LogP contribution in [-0.2, 0) is 9.53 Å². The van der Waals surface area contributed by atoms with Crippen LogP contribution in [0.15, 0.2) is 0 Å². The van der Waals surface area contributed by atoms with E-state index in [0.717, 1.165) is 6.42 Å². The number of rotatable bonds is 2. The van der Waals surface area contributed by atoms with Crippen molar-refractivity contribution in [2.24, 2.45) is 17.8 Å². The number of carbonyl (C=O) groups excluding carboxylic acids is 1. The fourth-order valence-corrected chi connectivity index (χ4v) is 2.80. The van der Waals surface area contributed by atoms with E-state index in [1.165, 1.54) is 0 Å². The van der Waals surface area contributed by atoms with Crippen molar-refractivity contribution in [2.75, 3.05) is 26.3 Å². The van der Waals surface area contributed by atoms with Crippen molar-refractivity contribution in [3.05, 3.63) is 0 Å². The quantitative estimate of drug-likeness (QED) is 0.777. The van der Waals surface area contributed by atoms with Crippen LogP contribution in [0.2, 0.25) is 0 Å². The van der Waals surface area contributed by atoms with Crippen LogP contribution in [0, 0.1) is 17.8 Å². The van der Waals surface area contributed by atoms with Gasteiger partial charge in [-0.15, -0.1) is 0 Å². The molecule has 0 radical (unpaired) electrons. The number of nitrogens with one attached hydrogen (secondary N) is 1. The molecule has 19 heavy (non-hydrogen) atoms.